The van der Waals surface area contributed by atoms with E-state index in [0.29, 0.717) is 5.56 Å². The van der Waals surface area contributed by atoms with Crippen LogP contribution in [-0.4, -0.2) is 11.0 Å². The van der Waals surface area contributed by atoms with E-state index in [1.54, 1.807) is 24.3 Å². The highest BCUT2D eigenvalue weighted by Crippen LogP contribution is 2.02. The SMILES string of the molecule is O=C(NC(=S)NNc1ccccc1)c1ccccc1. The first-order chi connectivity index (χ1) is 9.25. The van der Waals surface area contributed by atoms with Gasteiger partial charge in [-0.15, -0.1) is 0 Å². The molecule has 0 fully saturated rings. The summed E-state index contributed by atoms with van der Waals surface area (Å²) < 4.78 is 0. The molecule has 0 atom stereocenters. The second-order valence-electron chi connectivity index (χ2n) is 3.77. The fourth-order valence-electron chi connectivity index (χ4n) is 1.45. The number of rotatable bonds is 3. The highest BCUT2D eigenvalue weighted by Gasteiger charge is 2.06. The van der Waals surface area contributed by atoms with Gasteiger partial charge in [0.05, 0.1) is 5.69 Å². The Balaban J connectivity index is 1.83. The number of nitrogens with one attached hydrogen (secondary N) is 3. The molecule has 0 saturated carbocycles. The minimum atomic E-state index is -0.243. The Morgan fingerprint density at radius 1 is 0.895 bits per heavy atom. The molecule has 0 heterocycles. The number of hydrogen-bond donors (Lipinski definition) is 3. The van der Waals surface area contributed by atoms with Crippen LogP contribution in [0.2, 0.25) is 0 Å². The van der Waals surface area contributed by atoms with E-state index in [9.17, 15) is 4.79 Å². The summed E-state index contributed by atoms with van der Waals surface area (Å²) in [5.41, 5.74) is 7.07. The fraction of sp³-hybridized carbons (Fsp3) is 0. The molecule has 1 amide bonds. The molecule has 5 heteroatoms. The topological polar surface area (TPSA) is 53.2 Å². The average Bonchev–Trinajstić information content (AvgIpc) is 2.47. The van der Waals surface area contributed by atoms with Gasteiger partial charge in [-0.1, -0.05) is 36.4 Å². The van der Waals surface area contributed by atoms with Crippen molar-refractivity contribution in [2.75, 3.05) is 5.43 Å². The average molecular weight is 271 g/mol. The van der Waals surface area contributed by atoms with Crippen LogP contribution >= 0.6 is 12.2 Å². The summed E-state index contributed by atoms with van der Waals surface area (Å²) in [5, 5.41) is 2.81. The Labute approximate surface area is 116 Å². The highest BCUT2D eigenvalue weighted by molar-refractivity contribution is 7.80. The second kappa shape index (κ2) is 6.51. The third-order valence-corrected chi connectivity index (χ3v) is 2.56. The summed E-state index contributed by atoms with van der Waals surface area (Å²) >= 11 is 5.02. The lowest BCUT2D eigenvalue weighted by Crippen LogP contribution is -2.41. The summed E-state index contributed by atoms with van der Waals surface area (Å²) in [6.07, 6.45) is 0. The predicted molar refractivity (Wildman–Crippen MR) is 79.7 cm³/mol. The van der Waals surface area contributed by atoms with Gasteiger partial charge in [-0.05, 0) is 36.5 Å². The molecule has 0 bridgehead atoms. The number of para-hydroxylation sites is 1. The standard InChI is InChI=1S/C14H13N3OS/c18-13(11-7-3-1-4-8-11)15-14(19)17-16-12-9-5-2-6-10-12/h1-10,16H,(H2,15,17,18,19). The fourth-order valence-corrected chi connectivity index (χ4v) is 1.59. The van der Waals surface area contributed by atoms with Crippen molar-refractivity contribution in [2.24, 2.45) is 0 Å². The van der Waals surface area contributed by atoms with Gasteiger partial charge in [-0.2, -0.15) is 0 Å². The van der Waals surface area contributed by atoms with Crippen molar-refractivity contribution in [1.82, 2.24) is 10.7 Å². The Hall–Kier alpha value is -2.40. The Morgan fingerprint density at radius 2 is 1.47 bits per heavy atom. The van der Waals surface area contributed by atoms with Gasteiger partial charge >= 0.3 is 0 Å². The minimum absolute atomic E-state index is 0.220. The summed E-state index contributed by atoms with van der Waals surface area (Å²) in [6.45, 7) is 0. The quantitative estimate of drug-likeness (QED) is 0.592. The minimum Gasteiger partial charge on any atom is -0.299 e. The summed E-state index contributed by atoms with van der Waals surface area (Å²) in [5.74, 6) is -0.243. The van der Waals surface area contributed by atoms with Gasteiger partial charge in [0.25, 0.3) is 5.91 Å². The number of carbonyl (C=O) groups excluding carboxylic acids is 1. The zero-order chi connectivity index (χ0) is 13.5. The van der Waals surface area contributed by atoms with Crippen molar-refractivity contribution in [3.05, 3.63) is 66.2 Å². The van der Waals surface area contributed by atoms with Gasteiger partial charge < -0.3 is 0 Å². The molecule has 0 radical (unpaired) electrons. The molecule has 4 nitrogen and oxygen atoms in total. The van der Waals surface area contributed by atoms with Crippen LogP contribution in [0.15, 0.2) is 60.7 Å². The normalized spacial score (nSPS) is 9.47. The molecule has 3 N–H and O–H groups in total. The maximum atomic E-state index is 11.8. The van der Waals surface area contributed by atoms with Crippen LogP contribution in [0.25, 0.3) is 0 Å². The predicted octanol–water partition coefficient (Wildman–Crippen LogP) is 2.32. The zero-order valence-electron chi connectivity index (χ0n) is 10.1. The van der Waals surface area contributed by atoms with Crippen LogP contribution in [0.5, 0.6) is 0 Å². The van der Waals surface area contributed by atoms with E-state index in [1.165, 1.54) is 0 Å². The van der Waals surface area contributed by atoms with E-state index in [4.69, 9.17) is 12.2 Å². The number of carbonyl (C=O) groups is 1. The third kappa shape index (κ3) is 4.08. The molecule has 96 valence electrons. The van der Waals surface area contributed by atoms with Gasteiger partial charge in [-0.25, -0.2) is 0 Å². The van der Waals surface area contributed by atoms with Crippen LogP contribution < -0.4 is 16.2 Å². The number of hydrogen-bond acceptors (Lipinski definition) is 3. The van der Waals surface area contributed by atoms with E-state index in [0.717, 1.165) is 5.69 Å². The Morgan fingerprint density at radius 3 is 2.11 bits per heavy atom. The lowest BCUT2D eigenvalue weighted by atomic mass is 10.2. The van der Waals surface area contributed by atoms with Crippen molar-refractivity contribution < 1.29 is 4.79 Å². The second-order valence-corrected chi connectivity index (χ2v) is 4.17. The van der Waals surface area contributed by atoms with Crippen molar-refractivity contribution >= 4 is 28.9 Å². The van der Waals surface area contributed by atoms with E-state index < -0.39 is 0 Å². The lowest BCUT2D eigenvalue weighted by molar-refractivity contribution is 0.0977. The molecular formula is C14H13N3OS. The third-order valence-electron chi connectivity index (χ3n) is 2.36. The maximum absolute atomic E-state index is 11.8. The van der Waals surface area contributed by atoms with E-state index in [1.807, 2.05) is 36.4 Å². The Kier molecular flexibility index (Phi) is 4.47. The number of thiocarbonyl (C=S) groups is 1. The molecule has 0 aliphatic heterocycles. The van der Waals surface area contributed by atoms with Crippen molar-refractivity contribution in [2.45, 2.75) is 0 Å². The van der Waals surface area contributed by atoms with Gasteiger partial charge in [-0.3, -0.25) is 21.0 Å². The Bertz CT molecular complexity index is 557. The highest BCUT2D eigenvalue weighted by atomic mass is 32.1. The number of benzene rings is 2. The number of amides is 1. The molecule has 2 aromatic carbocycles. The molecule has 2 aromatic rings. The van der Waals surface area contributed by atoms with Crippen LogP contribution in [-0.2, 0) is 0 Å². The van der Waals surface area contributed by atoms with Gasteiger partial charge in [0.1, 0.15) is 0 Å². The lowest BCUT2D eigenvalue weighted by Gasteiger charge is -2.11. The van der Waals surface area contributed by atoms with Crippen LogP contribution in [0.3, 0.4) is 0 Å². The molecule has 0 saturated heterocycles. The maximum Gasteiger partial charge on any atom is 0.257 e. The van der Waals surface area contributed by atoms with Gasteiger partial charge in [0.2, 0.25) is 0 Å². The first-order valence-electron chi connectivity index (χ1n) is 5.73. The molecule has 19 heavy (non-hydrogen) atoms. The molecule has 0 aromatic heterocycles. The molecule has 0 aliphatic rings. The van der Waals surface area contributed by atoms with Gasteiger partial charge in [0.15, 0.2) is 5.11 Å². The monoisotopic (exact) mass is 271 g/mol. The van der Waals surface area contributed by atoms with E-state index in [-0.39, 0.29) is 11.0 Å². The summed E-state index contributed by atoms with van der Waals surface area (Å²) in [7, 11) is 0. The van der Waals surface area contributed by atoms with Crippen LogP contribution in [0.1, 0.15) is 10.4 Å². The summed E-state index contributed by atoms with van der Waals surface area (Å²) in [6, 6.07) is 18.4. The summed E-state index contributed by atoms with van der Waals surface area (Å²) in [4.78, 5) is 11.8. The molecule has 0 spiro atoms. The first kappa shape index (κ1) is 13.0. The van der Waals surface area contributed by atoms with Crippen molar-refractivity contribution in [3.8, 4) is 0 Å². The van der Waals surface area contributed by atoms with Crippen LogP contribution in [0, 0.1) is 0 Å². The zero-order valence-corrected chi connectivity index (χ0v) is 10.9. The van der Waals surface area contributed by atoms with E-state index >= 15 is 0 Å². The largest absolute Gasteiger partial charge is 0.299 e. The van der Waals surface area contributed by atoms with Crippen molar-refractivity contribution in [3.63, 3.8) is 0 Å². The molecule has 0 unspecified atom stereocenters. The van der Waals surface area contributed by atoms with Crippen LogP contribution in [0.4, 0.5) is 5.69 Å². The first-order valence-corrected chi connectivity index (χ1v) is 6.14. The molecular weight excluding hydrogens is 258 g/mol. The van der Waals surface area contributed by atoms with E-state index in [2.05, 4.69) is 16.2 Å². The van der Waals surface area contributed by atoms with Crippen molar-refractivity contribution in [1.29, 1.82) is 0 Å². The van der Waals surface area contributed by atoms with Gasteiger partial charge in [0, 0.05) is 5.56 Å². The molecule has 0 aliphatic carbocycles. The molecule has 2 rings (SSSR count). The number of anilines is 1. The smallest absolute Gasteiger partial charge is 0.257 e. The number of hydrazine groups is 1.